The van der Waals surface area contributed by atoms with Crippen LogP contribution in [0.4, 0.5) is 5.82 Å². The van der Waals surface area contributed by atoms with Gasteiger partial charge in [-0.25, -0.2) is 4.68 Å². The molecule has 1 aliphatic heterocycles. The minimum absolute atomic E-state index is 0.0282. The summed E-state index contributed by atoms with van der Waals surface area (Å²) >= 11 is 5.99. The normalized spacial score (nSPS) is 18.2. The number of morpholine rings is 1. The summed E-state index contributed by atoms with van der Waals surface area (Å²) in [6.07, 6.45) is 3.56. The van der Waals surface area contributed by atoms with E-state index in [0.717, 1.165) is 22.4 Å². The van der Waals surface area contributed by atoms with Gasteiger partial charge in [0, 0.05) is 23.2 Å². The molecule has 0 bridgehead atoms. The van der Waals surface area contributed by atoms with Gasteiger partial charge in [0.05, 0.1) is 43.3 Å². The molecule has 4 rings (SSSR count). The standard InChI is InChI=1S/C17H17ClN4O2/c18-12-1-3-13(4-2-12)22-16-9-19-6-5-15(16)17(20-22)21-7-8-24-11-14(21)10-23/h1-6,9,14,23H,7-8,10-11H2/t14-/m1/s1. The van der Waals surface area contributed by atoms with E-state index in [4.69, 9.17) is 21.4 Å². The Morgan fingerprint density at radius 1 is 1.25 bits per heavy atom. The predicted octanol–water partition coefficient (Wildman–Crippen LogP) is 2.27. The van der Waals surface area contributed by atoms with Gasteiger partial charge >= 0.3 is 0 Å². The molecule has 6 nitrogen and oxygen atoms in total. The van der Waals surface area contributed by atoms with Crippen molar-refractivity contribution in [1.29, 1.82) is 0 Å². The van der Waals surface area contributed by atoms with E-state index in [1.807, 2.05) is 35.0 Å². The Bertz CT molecular complexity index is 849. The zero-order valence-electron chi connectivity index (χ0n) is 13.0. The van der Waals surface area contributed by atoms with Gasteiger partial charge in [0.25, 0.3) is 0 Å². The first kappa shape index (κ1) is 15.4. The lowest BCUT2D eigenvalue weighted by Gasteiger charge is -2.34. The molecule has 0 amide bonds. The molecule has 1 N–H and O–H groups in total. The molecule has 2 aromatic heterocycles. The second kappa shape index (κ2) is 6.39. The first-order valence-electron chi connectivity index (χ1n) is 7.82. The van der Waals surface area contributed by atoms with E-state index in [1.165, 1.54) is 0 Å². The van der Waals surface area contributed by atoms with Crippen molar-refractivity contribution < 1.29 is 9.84 Å². The number of pyridine rings is 1. The van der Waals surface area contributed by atoms with E-state index in [2.05, 4.69) is 9.88 Å². The maximum atomic E-state index is 9.67. The lowest BCUT2D eigenvalue weighted by molar-refractivity contribution is 0.0724. The zero-order valence-corrected chi connectivity index (χ0v) is 13.7. The van der Waals surface area contributed by atoms with Crippen molar-refractivity contribution in [3.05, 3.63) is 47.7 Å². The number of nitrogens with zero attached hydrogens (tertiary/aromatic N) is 4. The number of benzene rings is 1. The number of fused-ring (bicyclic) bond motifs is 1. The molecule has 3 aromatic rings. The average Bonchev–Trinajstić information content (AvgIpc) is 3.02. The van der Waals surface area contributed by atoms with Gasteiger partial charge in [-0.05, 0) is 30.3 Å². The summed E-state index contributed by atoms with van der Waals surface area (Å²) in [5.41, 5.74) is 1.83. The molecule has 24 heavy (non-hydrogen) atoms. The maximum Gasteiger partial charge on any atom is 0.159 e. The molecular weight excluding hydrogens is 328 g/mol. The van der Waals surface area contributed by atoms with E-state index >= 15 is 0 Å². The fourth-order valence-electron chi connectivity index (χ4n) is 3.02. The van der Waals surface area contributed by atoms with Crippen molar-refractivity contribution in [1.82, 2.24) is 14.8 Å². The van der Waals surface area contributed by atoms with E-state index < -0.39 is 0 Å². The largest absolute Gasteiger partial charge is 0.394 e. The van der Waals surface area contributed by atoms with Crippen molar-refractivity contribution >= 4 is 28.3 Å². The number of ether oxygens (including phenoxy) is 1. The first-order chi connectivity index (χ1) is 11.8. The number of hydrogen-bond acceptors (Lipinski definition) is 5. The minimum Gasteiger partial charge on any atom is -0.394 e. The van der Waals surface area contributed by atoms with Gasteiger partial charge in [-0.15, -0.1) is 5.10 Å². The third-order valence-corrected chi connectivity index (χ3v) is 4.50. The van der Waals surface area contributed by atoms with Crippen LogP contribution in [-0.2, 0) is 4.74 Å². The molecule has 124 valence electrons. The van der Waals surface area contributed by atoms with Crippen LogP contribution in [0.1, 0.15) is 0 Å². The molecule has 7 heteroatoms. The fourth-order valence-corrected chi connectivity index (χ4v) is 3.15. The highest BCUT2D eigenvalue weighted by molar-refractivity contribution is 6.30. The van der Waals surface area contributed by atoms with Crippen molar-refractivity contribution in [3.8, 4) is 5.69 Å². The van der Waals surface area contributed by atoms with Gasteiger partial charge < -0.3 is 14.7 Å². The Labute approximate surface area is 144 Å². The third-order valence-electron chi connectivity index (χ3n) is 4.25. The van der Waals surface area contributed by atoms with Crippen LogP contribution < -0.4 is 4.90 Å². The molecule has 0 unspecified atom stereocenters. The molecule has 1 fully saturated rings. The van der Waals surface area contributed by atoms with Crippen LogP contribution in [0, 0.1) is 0 Å². The molecule has 0 spiro atoms. The number of halogens is 1. The highest BCUT2D eigenvalue weighted by atomic mass is 35.5. The molecule has 1 saturated heterocycles. The molecule has 1 aliphatic rings. The molecular formula is C17H17ClN4O2. The summed E-state index contributed by atoms with van der Waals surface area (Å²) in [7, 11) is 0. The summed E-state index contributed by atoms with van der Waals surface area (Å²) in [5, 5.41) is 16.2. The Balaban J connectivity index is 1.86. The lowest BCUT2D eigenvalue weighted by atomic mass is 10.2. The highest BCUT2D eigenvalue weighted by Crippen LogP contribution is 2.30. The summed E-state index contributed by atoms with van der Waals surface area (Å²) in [5.74, 6) is 0.838. The Morgan fingerprint density at radius 2 is 2.08 bits per heavy atom. The van der Waals surface area contributed by atoms with Gasteiger partial charge in [-0.3, -0.25) is 4.98 Å². The Morgan fingerprint density at radius 3 is 2.88 bits per heavy atom. The van der Waals surface area contributed by atoms with E-state index in [1.54, 1.807) is 12.4 Å². The lowest BCUT2D eigenvalue weighted by Crippen LogP contribution is -2.48. The Hall–Kier alpha value is -2.15. The van der Waals surface area contributed by atoms with Crippen LogP contribution in [-0.4, -0.2) is 52.3 Å². The molecule has 1 atom stereocenters. The summed E-state index contributed by atoms with van der Waals surface area (Å²) in [6.45, 7) is 1.84. The van der Waals surface area contributed by atoms with Crippen molar-refractivity contribution in [2.24, 2.45) is 0 Å². The minimum atomic E-state index is -0.0938. The quantitative estimate of drug-likeness (QED) is 0.789. The SMILES string of the molecule is OC[C@@H]1COCCN1c1nn(-c2ccc(Cl)cc2)c2cnccc12. The number of aromatic nitrogens is 3. The highest BCUT2D eigenvalue weighted by Gasteiger charge is 2.27. The third kappa shape index (κ3) is 2.62. The molecule has 0 aliphatic carbocycles. The van der Waals surface area contributed by atoms with Crippen molar-refractivity contribution in [3.63, 3.8) is 0 Å². The number of aliphatic hydroxyl groups is 1. The molecule has 3 heterocycles. The van der Waals surface area contributed by atoms with Crippen molar-refractivity contribution in [2.75, 3.05) is 31.3 Å². The predicted molar refractivity (Wildman–Crippen MR) is 92.9 cm³/mol. The fraction of sp³-hybridized carbons (Fsp3) is 0.294. The number of anilines is 1. The summed E-state index contributed by atoms with van der Waals surface area (Å²) in [6, 6.07) is 9.39. The van der Waals surface area contributed by atoms with Gasteiger partial charge in [0.2, 0.25) is 0 Å². The van der Waals surface area contributed by atoms with Gasteiger partial charge in [-0.1, -0.05) is 11.6 Å². The smallest absolute Gasteiger partial charge is 0.159 e. The van der Waals surface area contributed by atoms with Crippen LogP contribution in [0.5, 0.6) is 0 Å². The van der Waals surface area contributed by atoms with Gasteiger partial charge in [-0.2, -0.15) is 0 Å². The summed E-state index contributed by atoms with van der Waals surface area (Å²) in [4.78, 5) is 6.34. The van der Waals surface area contributed by atoms with Crippen LogP contribution in [0.2, 0.25) is 5.02 Å². The van der Waals surface area contributed by atoms with Crippen molar-refractivity contribution in [2.45, 2.75) is 6.04 Å². The van der Waals surface area contributed by atoms with Gasteiger partial charge in [0.15, 0.2) is 5.82 Å². The zero-order chi connectivity index (χ0) is 16.5. The average molecular weight is 345 g/mol. The molecule has 1 aromatic carbocycles. The number of rotatable bonds is 3. The van der Waals surface area contributed by atoms with Crippen LogP contribution in [0.3, 0.4) is 0 Å². The first-order valence-corrected chi connectivity index (χ1v) is 8.19. The van der Waals surface area contributed by atoms with E-state index in [-0.39, 0.29) is 12.6 Å². The van der Waals surface area contributed by atoms with E-state index in [9.17, 15) is 5.11 Å². The Kier molecular flexibility index (Phi) is 4.10. The molecule has 0 saturated carbocycles. The number of aliphatic hydroxyl groups excluding tert-OH is 1. The maximum absolute atomic E-state index is 9.67. The topological polar surface area (TPSA) is 63.4 Å². The van der Waals surface area contributed by atoms with Crippen LogP contribution >= 0.6 is 11.6 Å². The second-order valence-electron chi connectivity index (χ2n) is 5.71. The summed E-state index contributed by atoms with van der Waals surface area (Å²) < 4.78 is 7.34. The van der Waals surface area contributed by atoms with Crippen LogP contribution in [0.25, 0.3) is 16.6 Å². The van der Waals surface area contributed by atoms with Gasteiger partial charge in [0.1, 0.15) is 0 Å². The number of hydrogen-bond donors (Lipinski definition) is 1. The van der Waals surface area contributed by atoms with Crippen LogP contribution in [0.15, 0.2) is 42.7 Å². The second-order valence-corrected chi connectivity index (χ2v) is 6.15. The monoisotopic (exact) mass is 344 g/mol. The van der Waals surface area contributed by atoms with E-state index in [0.29, 0.717) is 24.8 Å². The molecule has 0 radical (unpaired) electrons.